The van der Waals surface area contributed by atoms with E-state index >= 15 is 0 Å². The van der Waals surface area contributed by atoms with Crippen LogP contribution in [0.25, 0.3) is 0 Å². The molecular weight excluding hydrogens is 284 g/mol. The van der Waals surface area contributed by atoms with E-state index in [-0.39, 0.29) is 34.7 Å². The molecule has 20 heavy (non-hydrogen) atoms. The molecule has 0 spiro atoms. The fourth-order valence-electron chi connectivity index (χ4n) is 1.83. The van der Waals surface area contributed by atoms with Gasteiger partial charge in [0.1, 0.15) is 4.99 Å². The van der Waals surface area contributed by atoms with Crippen LogP contribution in [0.5, 0.6) is 0 Å². The van der Waals surface area contributed by atoms with Gasteiger partial charge in [0, 0.05) is 18.7 Å². The summed E-state index contributed by atoms with van der Waals surface area (Å²) >= 11 is 4.64. The van der Waals surface area contributed by atoms with Gasteiger partial charge in [-0.05, 0) is 25.0 Å². The van der Waals surface area contributed by atoms with Crippen LogP contribution in [0.3, 0.4) is 0 Å². The zero-order chi connectivity index (χ0) is 14.9. The Morgan fingerprint density at radius 2 is 2.10 bits per heavy atom. The number of benzene rings is 1. The molecule has 108 valence electrons. The Balaban J connectivity index is 2.12. The van der Waals surface area contributed by atoms with Gasteiger partial charge in [-0.2, -0.15) is 0 Å². The fourth-order valence-corrected chi connectivity index (χ4v) is 1.98. The van der Waals surface area contributed by atoms with Crippen LogP contribution in [-0.4, -0.2) is 30.5 Å². The van der Waals surface area contributed by atoms with Crippen molar-refractivity contribution >= 4 is 28.8 Å². The van der Waals surface area contributed by atoms with Gasteiger partial charge < -0.3 is 16.0 Å². The highest BCUT2D eigenvalue weighted by Crippen LogP contribution is 2.24. The van der Waals surface area contributed by atoms with Gasteiger partial charge in [0.25, 0.3) is 0 Å². The number of hydrogen-bond acceptors (Lipinski definition) is 3. The summed E-state index contributed by atoms with van der Waals surface area (Å²) in [5.74, 6) is -2.37. The van der Waals surface area contributed by atoms with Crippen molar-refractivity contribution in [2.45, 2.75) is 18.9 Å². The summed E-state index contributed by atoms with van der Waals surface area (Å²) in [6, 6.07) is 2.90. The minimum Gasteiger partial charge on any atom is -0.389 e. The average Bonchev–Trinajstić information content (AvgIpc) is 3.15. The third-order valence-electron chi connectivity index (χ3n) is 3.06. The summed E-state index contributed by atoms with van der Waals surface area (Å²) in [7, 11) is 1.52. The number of amides is 1. The molecule has 0 radical (unpaired) electrons. The molecule has 7 heteroatoms. The minimum absolute atomic E-state index is 0.00607. The van der Waals surface area contributed by atoms with Gasteiger partial charge in [-0.25, -0.2) is 8.78 Å². The largest absolute Gasteiger partial charge is 0.389 e. The Labute approximate surface area is 120 Å². The SMILES string of the molecule is CN(CC(=O)NC1CC1)c1ccc(C(N)=S)c(F)c1F. The van der Waals surface area contributed by atoms with Crippen molar-refractivity contribution in [3.63, 3.8) is 0 Å². The zero-order valence-corrected chi connectivity index (χ0v) is 11.8. The number of nitrogens with one attached hydrogen (secondary N) is 1. The first kappa shape index (κ1) is 14.6. The normalized spacial score (nSPS) is 13.9. The number of anilines is 1. The number of nitrogens with zero attached hydrogens (tertiary/aromatic N) is 1. The molecule has 0 heterocycles. The monoisotopic (exact) mass is 299 g/mol. The number of likely N-dealkylation sites (N-methyl/N-ethyl adjacent to an activating group) is 1. The summed E-state index contributed by atoms with van der Waals surface area (Å²) in [5, 5.41) is 2.78. The lowest BCUT2D eigenvalue weighted by Gasteiger charge is -2.20. The molecule has 1 aromatic carbocycles. The summed E-state index contributed by atoms with van der Waals surface area (Å²) in [4.78, 5) is 12.8. The lowest BCUT2D eigenvalue weighted by molar-refractivity contribution is -0.119. The van der Waals surface area contributed by atoms with E-state index in [9.17, 15) is 13.6 Å². The van der Waals surface area contributed by atoms with Crippen LogP contribution in [-0.2, 0) is 4.79 Å². The summed E-state index contributed by atoms with van der Waals surface area (Å²) in [5.41, 5.74) is 5.15. The molecule has 0 aliphatic heterocycles. The van der Waals surface area contributed by atoms with Gasteiger partial charge in [-0.3, -0.25) is 4.79 Å². The van der Waals surface area contributed by atoms with Gasteiger partial charge in [0.15, 0.2) is 11.6 Å². The second kappa shape index (κ2) is 5.70. The van der Waals surface area contributed by atoms with E-state index in [1.165, 1.54) is 24.1 Å². The second-order valence-electron chi connectivity index (χ2n) is 4.82. The number of nitrogens with two attached hydrogens (primary N) is 1. The molecule has 3 N–H and O–H groups in total. The smallest absolute Gasteiger partial charge is 0.239 e. The van der Waals surface area contributed by atoms with E-state index in [1.54, 1.807) is 0 Å². The molecule has 0 saturated heterocycles. The average molecular weight is 299 g/mol. The molecule has 1 aliphatic carbocycles. The maximum absolute atomic E-state index is 13.9. The van der Waals surface area contributed by atoms with Crippen LogP contribution in [0.2, 0.25) is 0 Å². The van der Waals surface area contributed by atoms with Crippen LogP contribution in [0.1, 0.15) is 18.4 Å². The van der Waals surface area contributed by atoms with Crippen LogP contribution in [0.4, 0.5) is 14.5 Å². The van der Waals surface area contributed by atoms with Gasteiger partial charge in [0.2, 0.25) is 5.91 Å². The minimum atomic E-state index is -1.09. The van der Waals surface area contributed by atoms with E-state index in [0.29, 0.717) is 0 Å². The van der Waals surface area contributed by atoms with Crippen molar-refractivity contribution in [2.75, 3.05) is 18.5 Å². The van der Waals surface area contributed by atoms with Crippen molar-refractivity contribution in [2.24, 2.45) is 5.73 Å². The van der Waals surface area contributed by atoms with Gasteiger partial charge in [-0.1, -0.05) is 12.2 Å². The van der Waals surface area contributed by atoms with E-state index in [1.807, 2.05) is 0 Å². The van der Waals surface area contributed by atoms with Gasteiger partial charge in [0.05, 0.1) is 12.2 Å². The molecule has 0 atom stereocenters. The summed E-state index contributed by atoms with van der Waals surface area (Å²) < 4.78 is 27.7. The van der Waals surface area contributed by atoms with Crippen LogP contribution in [0.15, 0.2) is 12.1 Å². The Morgan fingerprint density at radius 1 is 1.45 bits per heavy atom. The van der Waals surface area contributed by atoms with E-state index in [0.717, 1.165) is 12.8 Å². The number of rotatable bonds is 5. The fraction of sp³-hybridized carbons (Fsp3) is 0.385. The Morgan fingerprint density at radius 3 is 2.65 bits per heavy atom. The number of halogens is 2. The molecule has 1 aromatic rings. The molecule has 1 aliphatic rings. The summed E-state index contributed by atoms with van der Waals surface area (Å²) in [6.07, 6.45) is 1.95. The lowest BCUT2D eigenvalue weighted by atomic mass is 10.1. The molecule has 1 amide bonds. The van der Waals surface area contributed by atoms with E-state index < -0.39 is 11.6 Å². The molecule has 2 rings (SSSR count). The molecule has 1 fully saturated rings. The molecule has 1 saturated carbocycles. The zero-order valence-electron chi connectivity index (χ0n) is 11.0. The van der Waals surface area contributed by atoms with Crippen LogP contribution in [0, 0.1) is 11.6 Å². The Bertz CT molecular complexity index is 561. The Kier molecular flexibility index (Phi) is 4.17. The highest BCUT2D eigenvalue weighted by atomic mass is 32.1. The van der Waals surface area contributed by atoms with Gasteiger partial charge >= 0.3 is 0 Å². The maximum Gasteiger partial charge on any atom is 0.239 e. The predicted molar refractivity (Wildman–Crippen MR) is 76.7 cm³/mol. The van der Waals surface area contributed by atoms with Crippen molar-refractivity contribution in [1.82, 2.24) is 5.32 Å². The predicted octanol–water partition coefficient (Wildman–Crippen LogP) is 1.31. The van der Waals surface area contributed by atoms with Crippen molar-refractivity contribution in [3.8, 4) is 0 Å². The third-order valence-corrected chi connectivity index (χ3v) is 3.28. The van der Waals surface area contributed by atoms with Crippen molar-refractivity contribution < 1.29 is 13.6 Å². The molecule has 0 bridgehead atoms. The first-order chi connectivity index (χ1) is 9.40. The quantitative estimate of drug-likeness (QED) is 0.805. The third kappa shape index (κ3) is 3.22. The number of carbonyl (C=O) groups is 1. The highest BCUT2D eigenvalue weighted by Gasteiger charge is 2.24. The standard InChI is InChI=1S/C13H15F2N3OS/c1-18(6-10(19)17-7-2-3-7)9-5-4-8(13(16)20)11(14)12(9)15/h4-5,7H,2-3,6H2,1H3,(H2,16,20)(H,17,19). The molecule has 0 aromatic heterocycles. The first-order valence-corrected chi connectivity index (χ1v) is 6.59. The molecule has 4 nitrogen and oxygen atoms in total. The van der Waals surface area contributed by atoms with Crippen LogP contribution < -0.4 is 16.0 Å². The number of thiocarbonyl (C=S) groups is 1. The van der Waals surface area contributed by atoms with Crippen LogP contribution >= 0.6 is 12.2 Å². The topological polar surface area (TPSA) is 58.4 Å². The lowest BCUT2D eigenvalue weighted by Crippen LogP contribution is -2.36. The van der Waals surface area contributed by atoms with Crippen molar-refractivity contribution in [1.29, 1.82) is 0 Å². The Hall–Kier alpha value is -1.76. The van der Waals surface area contributed by atoms with Gasteiger partial charge in [-0.15, -0.1) is 0 Å². The van der Waals surface area contributed by atoms with Crippen molar-refractivity contribution in [3.05, 3.63) is 29.3 Å². The maximum atomic E-state index is 13.9. The first-order valence-electron chi connectivity index (χ1n) is 6.18. The summed E-state index contributed by atoms with van der Waals surface area (Å²) in [6.45, 7) is -0.0424. The van der Waals surface area contributed by atoms with E-state index in [2.05, 4.69) is 17.5 Å². The molecule has 0 unspecified atom stereocenters. The highest BCUT2D eigenvalue weighted by molar-refractivity contribution is 7.80. The number of hydrogen-bond donors (Lipinski definition) is 2. The molecular formula is C13H15F2N3OS. The number of carbonyl (C=O) groups excluding carboxylic acids is 1. The second-order valence-corrected chi connectivity index (χ2v) is 5.26. The van der Waals surface area contributed by atoms with E-state index in [4.69, 9.17) is 5.73 Å².